The van der Waals surface area contributed by atoms with Crippen LogP contribution in [0.1, 0.15) is 0 Å². The maximum atomic E-state index is 5.20. The molecular formula is C51H30N4S2. The largest absolute Gasteiger partial charge is 0.309 e. The Labute approximate surface area is 335 Å². The quantitative estimate of drug-likeness (QED) is 0.175. The summed E-state index contributed by atoms with van der Waals surface area (Å²) in [5, 5.41) is 7.41. The predicted octanol–water partition coefficient (Wildman–Crippen LogP) is 14.4. The average Bonchev–Trinajstić information content (AvgIpc) is 3.95. The molecule has 0 amide bonds. The molecule has 0 aliphatic heterocycles. The second-order valence-corrected chi connectivity index (χ2v) is 16.6. The van der Waals surface area contributed by atoms with E-state index in [0.29, 0.717) is 17.5 Å². The van der Waals surface area contributed by atoms with Crippen molar-refractivity contribution < 1.29 is 0 Å². The third-order valence-electron chi connectivity index (χ3n) is 11.1. The first-order chi connectivity index (χ1) is 28.2. The Bertz CT molecular complexity index is 3530. The summed E-state index contributed by atoms with van der Waals surface area (Å²) in [5.41, 5.74) is 8.95. The van der Waals surface area contributed by atoms with E-state index in [9.17, 15) is 0 Å². The van der Waals surface area contributed by atoms with Crippen LogP contribution in [0.15, 0.2) is 182 Å². The summed E-state index contributed by atoms with van der Waals surface area (Å²) in [7, 11) is 0. The van der Waals surface area contributed by atoms with Gasteiger partial charge in [0.25, 0.3) is 0 Å². The number of aromatic nitrogens is 4. The molecule has 266 valence electrons. The lowest BCUT2D eigenvalue weighted by Gasteiger charge is -2.09. The van der Waals surface area contributed by atoms with Gasteiger partial charge in [0.15, 0.2) is 17.5 Å². The molecule has 0 unspecified atom stereocenters. The zero-order valence-corrected chi connectivity index (χ0v) is 32.1. The third-order valence-corrected chi connectivity index (χ3v) is 13.3. The van der Waals surface area contributed by atoms with E-state index in [0.717, 1.165) is 16.7 Å². The molecule has 0 fully saturated rings. The second kappa shape index (κ2) is 12.8. The molecule has 6 heteroatoms. The van der Waals surface area contributed by atoms with Crippen LogP contribution in [0.3, 0.4) is 0 Å². The first-order valence-electron chi connectivity index (χ1n) is 19.0. The summed E-state index contributed by atoms with van der Waals surface area (Å²) < 4.78 is 7.30. The van der Waals surface area contributed by atoms with E-state index in [1.165, 1.54) is 79.0 Å². The molecule has 0 saturated carbocycles. The number of para-hydroxylation sites is 2. The molecule has 8 aromatic carbocycles. The highest BCUT2D eigenvalue weighted by Gasteiger charge is 2.18. The molecule has 4 heterocycles. The minimum atomic E-state index is 0.664. The molecule has 0 radical (unpaired) electrons. The standard InChI is InChI=1S/C51H30N4S2/c1-3-12-31(13-4-1)49-52-50(54-51(53-49)40-18-11-21-45-48(40)39-17-8-10-20-44(39)56-45)34-23-26-38-37-25-22-33(29-46(37)57-47(38)30-34)32-24-27-43-41(28-32)36-16-7-9-19-42(36)55(43)35-14-5-2-6-15-35/h1-30H. The smallest absolute Gasteiger partial charge is 0.164 e. The van der Waals surface area contributed by atoms with Crippen LogP contribution in [0.5, 0.6) is 0 Å². The summed E-state index contributed by atoms with van der Waals surface area (Å²) in [4.78, 5) is 15.4. The van der Waals surface area contributed by atoms with E-state index >= 15 is 0 Å². The van der Waals surface area contributed by atoms with Gasteiger partial charge in [0, 0.05) is 73.5 Å². The summed E-state index contributed by atoms with van der Waals surface area (Å²) in [6, 6.07) is 65.0. The molecule has 4 aromatic heterocycles. The zero-order chi connectivity index (χ0) is 37.5. The third kappa shape index (κ3) is 5.22. The van der Waals surface area contributed by atoms with Crippen LogP contribution in [0.2, 0.25) is 0 Å². The highest BCUT2D eigenvalue weighted by molar-refractivity contribution is 7.26. The van der Waals surface area contributed by atoms with E-state index in [-0.39, 0.29) is 0 Å². The minimum absolute atomic E-state index is 0.664. The Morgan fingerprint density at radius 1 is 0.333 bits per heavy atom. The fourth-order valence-electron chi connectivity index (χ4n) is 8.41. The maximum absolute atomic E-state index is 5.20. The van der Waals surface area contributed by atoms with Crippen molar-refractivity contribution in [3.8, 4) is 51.0 Å². The van der Waals surface area contributed by atoms with E-state index in [2.05, 4.69) is 168 Å². The monoisotopic (exact) mass is 762 g/mol. The first-order valence-corrected chi connectivity index (χ1v) is 20.6. The predicted molar refractivity (Wildman–Crippen MR) is 242 cm³/mol. The maximum Gasteiger partial charge on any atom is 0.164 e. The minimum Gasteiger partial charge on any atom is -0.309 e. The molecule has 0 aliphatic rings. The van der Waals surface area contributed by atoms with Crippen molar-refractivity contribution >= 4 is 84.8 Å². The normalized spacial score (nSPS) is 11.9. The van der Waals surface area contributed by atoms with Gasteiger partial charge in [-0.25, -0.2) is 15.0 Å². The van der Waals surface area contributed by atoms with Gasteiger partial charge in [0.2, 0.25) is 0 Å². The molecular weight excluding hydrogens is 733 g/mol. The van der Waals surface area contributed by atoms with Crippen LogP contribution >= 0.6 is 22.7 Å². The molecule has 0 aliphatic carbocycles. The van der Waals surface area contributed by atoms with Gasteiger partial charge in [-0.15, -0.1) is 22.7 Å². The van der Waals surface area contributed by atoms with Gasteiger partial charge in [-0.2, -0.15) is 0 Å². The fourth-order valence-corrected chi connectivity index (χ4v) is 10.7. The van der Waals surface area contributed by atoms with Gasteiger partial charge in [0.05, 0.1) is 11.0 Å². The van der Waals surface area contributed by atoms with Gasteiger partial charge < -0.3 is 4.57 Å². The summed E-state index contributed by atoms with van der Waals surface area (Å²) in [6.07, 6.45) is 0. The lowest BCUT2D eigenvalue weighted by atomic mass is 10.0. The molecule has 57 heavy (non-hydrogen) atoms. The first kappa shape index (κ1) is 32.3. The molecule has 0 spiro atoms. The van der Waals surface area contributed by atoms with E-state index in [4.69, 9.17) is 15.0 Å². The van der Waals surface area contributed by atoms with Crippen molar-refractivity contribution in [3.63, 3.8) is 0 Å². The molecule has 4 nitrogen and oxygen atoms in total. The number of hydrogen-bond acceptors (Lipinski definition) is 5. The van der Waals surface area contributed by atoms with Crippen LogP contribution in [0.4, 0.5) is 0 Å². The number of thiophene rings is 2. The Hall–Kier alpha value is -6.99. The van der Waals surface area contributed by atoms with Gasteiger partial charge in [-0.3, -0.25) is 0 Å². The van der Waals surface area contributed by atoms with Crippen molar-refractivity contribution in [3.05, 3.63) is 182 Å². The van der Waals surface area contributed by atoms with Crippen LogP contribution in [0, 0.1) is 0 Å². The van der Waals surface area contributed by atoms with Crippen molar-refractivity contribution in [1.29, 1.82) is 0 Å². The molecule has 0 N–H and O–H groups in total. The SMILES string of the molecule is c1ccc(-c2nc(-c3ccc4c(c3)sc3cc(-c5ccc6c(c5)c5ccccc5n6-c5ccccc5)ccc34)nc(-c3cccc4sc5ccccc5c34)n2)cc1. The van der Waals surface area contributed by atoms with E-state index < -0.39 is 0 Å². The fraction of sp³-hybridized carbons (Fsp3) is 0. The van der Waals surface area contributed by atoms with Crippen LogP contribution in [0.25, 0.3) is 113 Å². The lowest BCUT2D eigenvalue weighted by molar-refractivity contribution is 1.08. The number of hydrogen-bond donors (Lipinski definition) is 0. The molecule has 12 aromatic rings. The average molecular weight is 763 g/mol. The van der Waals surface area contributed by atoms with Crippen LogP contribution in [-0.2, 0) is 0 Å². The Balaban J connectivity index is 0.978. The van der Waals surface area contributed by atoms with Gasteiger partial charge in [-0.05, 0) is 65.7 Å². The molecule has 12 rings (SSSR count). The Kier molecular flexibility index (Phi) is 7.24. The van der Waals surface area contributed by atoms with Gasteiger partial charge >= 0.3 is 0 Å². The molecule has 0 atom stereocenters. The number of fused-ring (bicyclic) bond motifs is 9. The summed E-state index contributed by atoms with van der Waals surface area (Å²) >= 11 is 3.62. The number of rotatable bonds is 5. The lowest BCUT2D eigenvalue weighted by Crippen LogP contribution is -2.00. The highest BCUT2D eigenvalue weighted by Crippen LogP contribution is 2.42. The summed E-state index contributed by atoms with van der Waals surface area (Å²) in [5.74, 6) is 2.01. The Morgan fingerprint density at radius 2 is 0.912 bits per heavy atom. The van der Waals surface area contributed by atoms with E-state index in [1.54, 1.807) is 11.3 Å². The van der Waals surface area contributed by atoms with Crippen molar-refractivity contribution in [2.45, 2.75) is 0 Å². The molecule has 0 bridgehead atoms. The second-order valence-electron chi connectivity index (χ2n) is 14.4. The van der Waals surface area contributed by atoms with Crippen molar-refractivity contribution in [2.24, 2.45) is 0 Å². The van der Waals surface area contributed by atoms with Crippen molar-refractivity contribution in [2.75, 3.05) is 0 Å². The van der Waals surface area contributed by atoms with E-state index in [1.807, 2.05) is 29.5 Å². The van der Waals surface area contributed by atoms with Gasteiger partial charge in [0.1, 0.15) is 0 Å². The highest BCUT2D eigenvalue weighted by atomic mass is 32.1. The van der Waals surface area contributed by atoms with Crippen molar-refractivity contribution in [1.82, 2.24) is 19.5 Å². The van der Waals surface area contributed by atoms with Crippen LogP contribution in [-0.4, -0.2) is 19.5 Å². The van der Waals surface area contributed by atoms with Gasteiger partial charge in [-0.1, -0.05) is 127 Å². The Morgan fingerprint density at radius 3 is 1.74 bits per heavy atom. The number of nitrogens with zero attached hydrogens (tertiary/aromatic N) is 4. The molecule has 0 saturated heterocycles. The summed E-state index contributed by atoms with van der Waals surface area (Å²) in [6.45, 7) is 0. The van der Waals surface area contributed by atoms with Crippen LogP contribution < -0.4 is 0 Å². The topological polar surface area (TPSA) is 43.6 Å². The number of benzene rings is 8. The zero-order valence-electron chi connectivity index (χ0n) is 30.4.